The summed E-state index contributed by atoms with van der Waals surface area (Å²) in [6, 6.07) is 0. The molecule has 0 aromatic carbocycles. The average molecular weight is 196 g/mol. The molecular weight excluding hydrogens is 184 g/mol. The van der Waals surface area contributed by atoms with Crippen LogP contribution in [0.15, 0.2) is 24.3 Å². The molecular formula is C10H12O4. The minimum absolute atomic E-state index is 0.0288. The summed E-state index contributed by atoms with van der Waals surface area (Å²) in [7, 11) is 0. The van der Waals surface area contributed by atoms with Gasteiger partial charge in [-0.05, 0) is 13.0 Å². The molecule has 0 bridgehead atoms. The van der Waals surface area contributed by atoms with Gasteiger partial charge in [0.15, 0.2) is 0 Å². The summed E-state index contributed by atoms with van der Waals surface area (Å²) in [5.74, 6) is -0.443. The first-order valence-corrected chi connectivity index (χ1v) is 4.57. The van der Waals surface area contributed by atoms with Gasteiger partial charge in [-0.1, -0.05) is 12.2 Å². The van der Waals surface area contributed by atoms with E-state index in [0.717, 1.165) is 0 Å². The van der Waals surface area contributed by atoms with E-state index in [0.29, 0.717) is 0 Å². The second-order valence-electron chi connectivity index (χ2n) is 3.44. The van der Waals surface area contributed by atoms with Gasteiger partial charge in [-0.15, -0.1) is 0 Å². The van der Waals surface area contributed by atoms with Gasteiger partial charge in [-0.2, -0.15) is 0 Å². The van der Waals surface area contributed by atoms with E-state index >= 15 is 0 Å². The van der Waals surface area contributed by atoms with Crippen LogP contribution in [0, 0.1) is 0 Å². The fourth-order valence-corrected chi connectivity index (χ4v) is 1.42. The average Bonchev–Trinajstić information content (AvgIpc) is 2.89. The molecule has 0 unspecified atom stereocenters. The molecule has 0 aromatic rings. The maximum atomic E-state index is 11.1. The van der Waals surface area contributed by atoms with Crippen LogP contribution in [0.1, 0.15) is 6.92 Å². The van der Waals surface area contributed by atoms with Gasteiger partial charge in [-0.3, -0.25) is 0 Å². The Kier molecular flexibility index (Phi) is 2.39. The van der Waals surface area contributed by atoms with Crippen molar-refractivity contribution in [2.45, 2.75) is 31.3 Å². The van der Waals surface area contributed by atoms with Crippen LogP contribution in [-0.4, -0.2) is 35.5 Å². The van der Waals surface area contributed by atoms with Crippen molar-refractivity contribution in [3.05, 3.63) is 24.3 Å². The van der Waals surface area contributed by atoms with Crippen molar-refractivity contribution in [3.8, 4) is 0 Å². The molecule has 4 nitrogen and oxygen atoms in total. The molecule has 2 aliphatic heterocycles. The van der Waals surface area contributed by atoms with Crippen molar-refractivity contribution >= 4 is 5.97 Å². The first kappa shape index (κ1) is 9.43. The highest BCUT2D eigenvalue weighted by Crippen LogP contribution is 2.28. The number of carbonyl (C=O) groups is 1. The molecule has 0 amide bonds. The third-order valence-electron chi connectivity index (χ3n) is 2.25. The lowest BCUT2D eigenvalue weighted by Gasteiger charge is -2.09. The molecule has 2 rings (SSSR count). The lowest BCUT2D eigenvalue weighted by Crippen LogP contribution is -2.21. The molecule has 14 heavy (non-hydrogen) atoms. The van der Waals surface area contributed by atoms with E-state index < -0.39 is 12.1 Å². The van der Waals surface area contributed by atoms with E-state index in [1.807, 2.05) is 0 Å². The summed E-state index contributed by atoms with van der Waals surface area (Å²) in [5, 5.41) is 9.31. The summed E-state index contributed by atoms with van der Waals surface area (Å²) in [6.07, 6.45) is 4.93. The lowest BCUT2D eigenvalue weighted by atomic mass is 10.2. The maximum Gasteiger partial charge on any atom is 0.330 e. The molecule has 4 heteroatoms. The number of hydrogen-bond acceptors (Lipinski definition) is 4. The molecule has 0 aliphatic carbocycles. The smallest absolute Gasteiger partial charge is 0.330 e. The summed E-state index contributed by atoms with van der Waals surface area (Å²) in [4.78, 5) is 11.1. The molecule has 0 radical (unpaired) electrons. The quantitative estimate of drug-likeness (QED) is 0.341. The predicted molar refractivity (Wildman–Crippen MR) is 48.5 cm³/mol. The van der Waals surface area contributed by atoms with E-state index in [9.17, 15) is 9.90 Å². The zero-order chi connectivity index (χ0) is 10.1. The highest BCUT2D eigenvalue weighted by atomic mass is 16.6. The molecule has 1 N–H and O–H groups in total. The van der Waals surface area contributed by atoms with Crippen LogP contribution >= 0.6 is 0 Å². The second kappa shape index (κ2) is 3.55. The zero-order valence-corrected chi connectivity index (χ0v) is 7.79. The van der Waals surface area contributed by atoms with Gasteiger partial charge >= 0.3 is 5.97 Å². The minimum atomic E-state index is -0.749. The largest absolute Gasteiger partial charge is 0.457 e. The Morgan fingerprint density at radius 3 is 2.93 bits per heavy atom. The number of fused-ring (bicyclic) bond motifs is 1. The van der Waals surface area contributed by atoms with Gasteiger partial charge in [0.25, 0.3) is 0 Å². The number of epoxide rings is 1. The van der Waals surface area contributed by atoms with Crippen LogP contribution in [0.4, 0.5) is 0 Å². The van der Waals surface area contributed by atoms with Gasteiger partial charge in [0.05, 0.1) is 6.10 Å². The third-order valence-corrected chi connectivity index (χ3v) is 2.25. The summed E-state index contributed by atoms with van der Waals surface area (Å²) in [6.45, 7) is 1.79. The number of carbonyl (C=O) groups excluding carboxylic acids is 1. The Bertz CT molecular complexity index is 294. The predicted octanol–water partition coefficient (Wildman–Crippen LogP) is 0.172. The first-order valence-electron chi connectivity index (χ1n) is 4.57. The van der Waals surface area contributed by atoms with Crippen LogP contribution in [0.5, 0.6) is 0 Å². The molecule has 1 fully saturated rings. The summed E-state index contributed by atoms with van der Waals surface area (Å²) >= 11 is 0. The number of rotatable bonds is 0. The number of cyclic esters (lactones) is 1. The summed E-state index contributed by atoms with van der Waals surface area (Å²) in [5.41, 5.74) is 0. The Balaban J connectivity index is 2.11. The number of hydrogen-bond donors (Lipinski definition) is 1. The number of aliphatic hydroxyl groups is 1. The van der Waals surface area contributed by atoms with E-state index in [2.05, 4.69) is 0 Å². The van der Waals surface area contributed by atoms with E-state index in [-0.39, 0.29) is 18.3 Å². The van der Waals surface area contributed by atoms with Gasteiger partial charge in [0.1, 0.15) is 18.3 Å². The third kappa shape index (κ3) is 2.02. The van der Waals surface area contributed by atoms with Crippen molar-refractivity contribution in [1.29, 1.82) is 0 Å². The van der Waals surface area contributed by atoms with Crippen molar-refractivity contribution in [2.75, 3.05) is 0 Å². The van der Waals surface area contributed by atoms with Crippen LogP contribution in [0.3, 0.4) is 0 Å². The van der Waals surface area contributed by atoms with E-state index in [1.165, 1.54) is 12.2 Å². The van der Waals surface area contributed by atoms with E-state index in [1.54, 1.807) is 19.1 Å². The minimum Gasteiger partial charge on any atom is -0.457 e. The lowest BCUT2D eigenvalue weighted by molar-refractivity contribution is -0.143. The fraction of sp³-hybridized carbons (Fsp3) is 0.500. The zero-order valence-electron chi connectivity index (χ0n) is 7.79. The van der Waals surface area contributed by atoms with Gasteiger partial charge in [0.2, 0.25) is 0 Å². The molecule has 1 saturated heterocycles. The van der Waals surface area contributed by atoms with Crippen molar-refractivity contribution in [3.63, 3.8) is 0 Å². The van der Waals surface area contributed by atoms with E-state index in [4.69, 9.17) is 9.47 Å². The van der Waals surface area contributed by atoms with Crippen LogP contribution in [0.2, 0.25) is 0 Å². The monoisotopic (exact) mass is 196 g/mol. The second-order valence-corrected chi connectivity index (χ2v) is 3.44. The Morgan fingerprint density at radius 1 is 1.36 bits per heavy atom. The molecule has 2 aliphatic rings. The molecule has 2 heterocycles. The van der Waals surface area contributed by atoms with Gasteiger partial charge in [0, 0.05) is 6.08 Å². The molecule has 4 atom stereocenters. The molecule has 76 valence electrons. The highest BCUT2D eigenvalue weighted by Gasteiger charge is 2.43. The highest BCUT2D eigenvalue weighted by molar-refractivity contribution is 5.82. The first-order chi connectivity index (χ1) is 6.66. The molecule has 0 aromatic heterocycles. The Labute approximate surface area is 81.8 Å². The number of esters is 1. The Hall–Kier alpha value is -1.13. The molecule has 0 saturated carbocycles. The van der Waals surface area contributed by atoms with Crippen LogP contribution < -0.4 is 0 Å². The molecule has 0 spiro atoms. The van der Waals surface area contributed by atoms with Gasteiger partial charge < -0.3 is 14.6 Å². The number of ether oxygens (including phenoxy) is 2. The normalized spacial score (nSPS) is 46.0. The SMILES string of the molecule is C[C@@H]1OC(=O)/C=C\[C@@H](O)/C=C/[C@H]2O[C@@H]12. The van der Waals surface area contributed by atoms with Crippen molar-refractivity contribution in [1.82, 2.24) is 0 Å². The standard InChI is InChI=1S/C10H12O4/c1-6-10-8(14-10)4-2-7(11)3-5-9(12)13-6/h2-8,10-11H,1H3/b4-2+,5-3-/t6-,7-,8+,10-/m0/s1. The topological polar surface area (TPSA) is 59.1 Å². The summed E-state index contributed by atoms with van der Waals surface area (Å²) < 4.78 is 10.3. The Morgan fingerprint density at radius 2 is 2.14 bits per heavy atom. The fourth-order valence-electron chi connectivity index (χ4n) is 1.42. The van der Waals surface area contributed by atoms with Crippen molar-refractivity contribution in [2.24, 2.45) is 0 Å². The maximum absolute atomic E-state index is 11.1. The number of aliphatic hydroxyl groups excluding tert-OH is 1. The van der Waals surface area contributed by atoms with Crippen LogP contribution in [-0.2, 0) is 14.3 Å². The van der Waals surface area contributed by atoms with Crippen LogP contribution in [0.25, 0.3) is 0 Å². The van der Waals surface area contributed by atoms with Gasteiger partial charge in [-0.25, -0.2) is 4.79 Å². The van der Waals surface area contributed by atoms with Crippen molar-refractivity contribution < 1.29 is 19.4 Å².